The number of ether oxygens (including phenoxy) is 1. The highest BCUT2D eigenvalue weighted by atomic mass is 35.5. The summed E-state index contributed by atoms with van der Waals surface area (Å²) in [4.78, 5) is 29.5. The smallest absolute Gasteiger partial charge is 0.339 e. The van der Waals surface area contributed by atoms with Gasteiger partial charge in [-0.25, -0.2) is 14.2 Å². The second-order valence-corrected chi connectivity index (χ2v) is 7.09. The molecule has 0 saturated heterocycles. The number of rotatable bonds is 5. The molecule has 0 saturated carbocycles. The van der Waals surface area contributed by atoms with E-state index < -0.39 is 18.5 Å². The lowest BCUT2D eigenvalue weighted by Crippen LogP contribution is -2.21. The van der Waals surface area contributed by atoms with Gasteiger partial charge >= 0.3 is 5.97 Å². The summed E-state index contributed by atoms with van der Waals surface area (Å²) in [7, 11) is 0. The van der Waals surface area contributed by atoms with E-state index in [4.69, 9.17) is 16.3 Å². The summed E-state index contributed by atoms with van der Waals surface area (Å²) in [5.41, 5.74) is 2.41. The summed E-state index contributed by atoms with van der Waals surface area (Å²) in [6.07, 6.45) is 0. The number of esters is 1. The average Bonchev–Trinajstić information content (AvgIpc) is 2.79. The van der Waals surface area contributed by atoms with Crippen molar-refractivity contribution in [3.05, 3.63) is 95.3 Å². The van der Waals surface area contributed by atoms with Crippen molar-refractivity contribution in [1.82, 2.24) is 4.98 Å². The number of fused-ring (bicyclic) bond motifs is 1. The first-order valence-electron chi connectivity index (χ1n) is 9.38. The molecule has 0 aliphatic heterocycles. The van der Waals surface area contributed by atoms with E-state index in [-0.39, 0.29) is 11.4 Å². The number of hydrogen-bond acceptors (Lipinski definition) is 4. The number of nitrogens with zero attached hydrogens (tertiary/aromatic N) is 1. The van der Waals surface area contributed by atoms with Crippen molar-refractivity contribution in [1.29, 1.82) is 0 Å². The minimum atomic E-state index is -0.670. The average molecular weight is 435 g/mol. The lowest BCUT2D eigenvalue weighted by molar-refractivity contribution is -0.119. The zero-order valence-electron chi connectivity index (χ0n) is 16.1. The Morgan fingerprint density at radius 3 is 2.45 bits per heavy atom. The molecule has 0 aliphatic carbocycles. The Balaban J connectivity index is 1.57. The fraction of sp³-hybridized carbons (Fsp3) is 0.0417. The highest BCUT2D eigenvalue weighted by Gasteiger charge is 2.17. The number of amides is 1. The number of nitrogens with one attached hydrogen (secondary N) is 1. The van der Waals surface area contributed by atoms with E-state index in [9.17, 15) is 14.0 Å². The molecule has 0 spiro atoms. The first kappa shape index (κ1) is 20.5. The highest BCUT2D eigenvalue weighted by molar-refractivity contribution is 6.33. The van der Waals surface area contributed by atoms with Gasteiger partial charge in [0.1, 0.15) is 5.82 Å². The van der Waals surface area contributed by atoms with Gasteiger partial charge in [0.15, 0.2) is 6.61 Å². The number of para-hydroxylation sites is 2. The maximum absolute atomic E-state index is 13.3. The van der Waals surface area contributed by atoms with Crippen molar-refractivity contribution in [3.8, 4) is 11.3 Å². The van der Waals surface area contributed by atoms with Crippen LogP contribution in [0.25, 0.3) is 22.2 Å². The second kappa shape index (κ2) is 8.93. The van der Waals surface area contributed by atoms with E-state index in [1.807, 2.05) is 0 Å². The van der Waals surface area contributed by atoms with Gasteiger partial charge in [0.05, 0.1) is 27.5 Å². The Labute approximate surface area is 182 Å². The van der Waals surface area contributed by atoms with Crippen LogP contribution >= 0.6 is 11.6 Å². The molecule has 1 amide bonds. The largest absolute Gasteiger partial charge is 0.452 e. The van der Waals surface area contributed by atoms with Crippen molar-refractivity contribution in [2.75, 3.05) is 11.9 Å². The van der Waals surface area contributed by atoms with Crippen LogP contribution in [0.4, 0.5) is 10.1 Å². The summed E-state index contributed by atoms with van der Waals surface area (Å²) < 4.78 is 18.5. The van der Waals surface area contributed by atoms with Crippen LogP contribution in [0, 0.1) is 5.82 Å². The first-order valence-corrected chi connectivity index (χ1v) is 9.76. The molecule has 154 valence electrons. The Morgan fingerprint density at radius 2 is 1.68 bits per heavy atom. The summed E-state index contributed by atoms with van der Waals surface area (Å²) in [5, 5.41) is 3.57. The number of hydrogen-bond donors (Lipinski definition) is 1. The molecule has 0 aliphatic rings. The molecular formula is C24H16ClFN2O3. The van der Waals surface area contributed by atoms with Crippen molar-refractivity contribution in [2.24, 2.45) is 0 Å². The van der Waals surface area contributed by atoms with Gasteiger partial charge in [-0.3, -0.25) is 4.79 Å². The Bertz CT molecular complexity index is 1280. The lowest BCUT2D eigenvalue weighted by atomic mass is 10.0. The van der Waals surface area contributed by atoms with Crippen LogP contribution in [-0.4, -0.2) is 23.5 Å². The second-order valence-electron chi connectivity index (χ2n) is 6.68. The number of halogens is 2. The number of pyridine rings is 1. The van der Waals surface area contributed by atoms with Crippen LogP contribution in [0.5, 0.6) is 0 Å². The van der Waals surface area contributed by atoms with Gasteiger partial charge in [-0.05, 0) is 48.5 Å². The van der Waals surface area contributed by atoms with E-state index in [2.05, 4.69) is 10.3 Å². The summed E-state index contributed by atoms with van der Waals surface area (Å²) in [5.74, 6) is -1.55. The topological polar surface area (TPSA) is 68.3 Å². The molecule has 0 atom stereocenters. The minimum Gasteiger partial charge on any atom is -0.452 e. The molecule has 4 aromatic rings. The number of carbonyl (C=O) groups excluding carboxylic acids is 2. The monoisotopic (exact) mass is 434 g/mol. The maximum atomic E-state index is 13.3. The van der Waals surface area contributed by atoms with Crippen molar-refractivity contribution < 1.29 is 18.7 Å². The van der Waals surface area contributed by atoms with Crippen LogP contribution in [0.15, 0.2) is 78.9 Å². The molecule has 1 N–H and O–H groups in total. The molecule has 0 fully saturated rings. The van der Waals surface area contributed by atoms with Crippen LogP contribution in [0.3, 0.4) is 0 Å². The normalized spacial score (nSPS) is 10.6. The third kappa shape index (κ3) is 4.70. The zero-order chi connectivity index (χ0) is 21.8. The maximum Gasteiger partial charge on any atom is 0.339 e. The summed E-state index contributed by atoms with van der Waals surface area (Å²) in [6, 6.07) is 21.2. The SMILES string of the molecule is O=C(COC(=O)c1cc(-c2ccc(F)cc2)nc2ccccc12)Nc1ccccc1Cl. The van der Waals surface area contributed by atoms with Crippen LogP contribution in [-0.2, 0) is 9.53 Å². The standard InChI is InChI=1S/C24H16ClFN2O3/c25-19-6-2-4-8-21(19)28-23(29)14-31-24(30)18-13-22(15-9-11-16(26)12-10-15)27-20-7-3-1-5-17(18)20/h1-13H,14H2,(H,28,29). The van der Waals surface area contributed by atoms with Gasteiger partial charge in [-0.1, -0.05) is 41.9 Å². The van der Waals surface area contributed by atoms with Gasteiger partial charge in [0, 0.05) is 10.9 Å². The van der Waals surface area contributed by atoms with Gasteiger partial charge in [-0.15, -0.1) is 0 Å². The van der Waals surface area contributed by atoms with E-state index >= 15 is 0 Å². The molecule has 0 unspecified atom stereocenters. The Morgan fingerprint density at radius 1 is 0.968 bits per heavy atom. The molecule has 31 heavy (non-hydrogen) atoms. The van der Waals surface area contributed by atoms with Crippen LogP contribution in [0.2, 0.25) is 5.02 Å². The van der Waals surface area contributed by atoms with Crippen LogP contribution < -0.4 is 5.32 Å². The number of carbonyl (C=O) groups is 2. The summed E-state index contributed by atoms with van der Waals surface area (Å²) >= 11 is 6.02. The predicted molar refractivity (Wildman–Crippen MR) is 118 cm³/mol. The van der Waals surface area contributed by atoms with E-state index in [1.165, 1.54) is 12.1 Å². The molecule has 4 rings (SSSR count). The molecule has 1 aromatic heterocycles. The molecule has 0 bridgehead atoms. The molecule has 0 radical (unpaired) electrons. The van der Waals surface area contributed by atoms with Crippen molar-refractivity contribution in [3.63, 3.8) is 0 Å². The Hall–Kier alpha value is -3.77. The highest BCUT2D eigenvalue weighted by Crippen LogP contribution is 2.26. The van der Waals surface area contributed by atoms with E-state index in [0.717, 1.165) is 0 Å². The fourth-order valence-corrected chi connectivity index (χ4v) is 3.25. The Kier molecular flexibility index (Phi) is 5.91. The minimum absolute atomic E-state index is 0.260. The van der Waals surface area contributed by atoms with Gasteiger partial charge in [0.2, 0.25) is 0 Å². The first-order chi connectivity index (χ1) is 15.0. The third-order valence-corrected chi connectivity index (χ3v) is 4.89. The molecule has 7 heteroatoms. The fourth-order valence-electron chi connectivity index (χ4n) is 3.07. The predicted octanol–water partition coefficient (Wildman–Crippen LogP) is 5.49. The molecule has 3 aromatic carbocycles. The van der Waals surface area contributed by atoms with Crippen LogP contribution in [0.1, 0.15) is 10.4 Å². The van der Waals surface area contributed by atoms with E-state index in [1.54, 1.807) is 66.7 Å². The quantitative estimate of drug-likeness (QED) is 0.422. The number of aromatic nitrogens is 1. The van der Waals surface area contributed by atoms with Gasteiger partial charge < -0.3 is 10.1 Å². The van der Waals surface area contributed by atoms with Crippen molar-refractivity contribution in [2.45, 2.75) is 0 Å². The lowest BCUT2D eigenvalue weighted by Gasteiger charge is -2.11. The summed E-state index contributed by atoms with van der Waals surface area (Å²) in [6.45, 7) is -0.480. The van der Waals surface area contributed by atoms with Gasteiger partial charge in [0.25, 0.3) is 5.91 Å². The van der Waals surface area contributed by atoms with E-state index in [0.29, 0.717) is 32.9 Å². The number of anilines is 1. The molecular weight excluding hydrogens is 419 g/mol. The third-order valence-electron chi connectivity index (χ3n) is 4.56. The molecule has 5 nitrogen and oxygen atoms in total. The molecule has 1 heterocycles. The van der Waals surface area contributed by atoms with Crippen molar-refractivity contribution >= 4 is 40.1 Å². The zero-order valence-corrected chi connectivity index (χ0v) is 16.9. The number of benzene rings is 3. The van der Waals surface area contributed by atoms with Gasteiger partial charge in [-0.2, -0.15) is 0 Å².